The van der Waals surface area contributed by atoms with Crippen molar-refractivity contribution in [3.05, 3.63) is 4.91 Å². The highest BCUT2D eigenvalue weighted by molar-refractivity contribution is 7.57. The first-order valence-corrected chi connectivity index (χ1v) is 4.40. The lowest BCUT2D eigenvalue weighted by Crippen LogP contribution is -1.97. The minimum atomic E-state index is -3.70. The summed E-state index contributed by atoms with van der Waals surface area (Å²) in [5, 5.41) is 0. The van der Waals surface area contributed by atoms with Crippen LogP contribution in [0.4, 0.5) is 0 Å². The minimum absolute atomic E-state index is 0.500. The molecular formula is C4H10NO3P. The second-order valence-corrected chi connectivity index (χ2v) is 4.15. The van der Waals surface area contributed by atoms with Gasteiger partial charge < -0.3 is 4.89 Å². The molecule has 0 saturated heterocycles. The van der Waals surface area contributed by atoms with E-state index in [0.29, 0.717) is 6.42 Å². The molecule has 54 valence electrons. The second-order valence-electron chi connectivity index (χ2n) is 1.93. The molecule has 0 aromatic rings. The van der Waals surface area contributed by atoms with Crippen LogP contribution in [-0.4, -0.2) is 10.6 Å². The molecule has 0 aliphatic rings. The minimum Gasteiger partial charge on any atom is -0.326 e. The zero-order valence-corrected chi connectivity index (χ0v) is 6.34. The third-order valence-corrected chi connectivity index (χ3v) is 3.03. The molecule has 0 fully saturated rings. The maximum absolute atomic E-state index is 10.6. The van der Waals surface area contributed by atoms with E-state index in [2.05, 4.69) is 4.95 Å². The van der Waals surface area contributed by atoms with E-state index in [9.17, 15) is 9.47 Å². The Balaban J connectivity index is 4.14. The summed E-state index contributed by atoms with van der Waals surface area (Å²) >= 11 is 0. The van der Waals surface area contributed by atoms with Crippen LogP contribution < -0.4 is 0 Å². The SMILES string of the molecule is CC[C@H](C)P(=O)(O)N=O. The van der Waals surface area contributed by atoms with Gasteiger partial charge in [0.05, 0.1) is 5.66 Å². The van der Waals surface area contributed by atoms with Crippen LogP contribution in [0.5, 0.6) is 0 Å². The highest BCUT2D eigenvalue weighted by Crippen LogP contribution is 2.48. The Bertz CT molecular complexity index is 147. The van der Waals surface area contributed by atoms with Crippen molar-refractivity contribution in [1.82, 2.24) is 0 Å². The predicted molar refractivity (Wildman–Crippen MR) is 35.4 cm³/mol. The zero-order chi connectivity index (χ0) is 7.49. The average molecular weight is 151 g/mol. The van der Waals surface area contributed by atoms with Gasteiger partial charge in [-0.05, 0) is 6.42 Å². The molecule has 4 nitrogen and oxygen atoms in total. The van der Waals surface area contributed by atoms with Gasteiger partial charge >= 0.3 is 7.52 Å². The van der Waals surface area contributed by atoms with Crippen LogP contribution in [0.2, 0.25) is 0 Å². The summed E-state index contributed by atoms with van der Waals surface area (Å²) in [6, 6.07) is 0. The van der Waals surface area contributed by atoms with Gasteiger partial charge in [0.25, 0.3) is 0 Å². The molecule has 2 atom stereocenters. The van der Waals surface area contributed by atoms with Crippen molar-refractivity contribution in [3.8, 4) is 0 Å². The second kappa shape index (κ2) is 3.08. The largest absolute Gasteiger partial charge is 0.352 e. The van der Waals surface area contributed by atoms with E-state index in [1.54, 1.807) is 6.92 Å². The molecule has 1 unspecified atom stereocenters. The van der Waals surface area contributed by atoms with Gasteiger partial charge in [-0.15, -0.1) is 4.91 Å². The molecule has 1 N–H and O–H groups in total. The fourth-order valence-electron chi connectivity index (χ4n) is 0.318. The van der Waals surface area contributed by atoms with Crippen molar-refractivity contribution in [2.24, 2.45) is 4.95 Å². The first-order chi connectivity index (χ1) is 4.04. The predicted octanol–water partition coefficient (Wildman–Crippen LogP) is 1.74. The number of nitrogens with zero attached hydrogens (tertiary/aromatic N) is 1. The van der Waals surface area contributed by atoms with Crippen molar-refractivity contribution in [2.45, 2.75) is 25.9 Å². The van der Waals surface area contributed by atoms with E-state index in [4.69, 9.17) is 4.89 Å². The highest BCUT2D eigenvalue weighted by Gasteiger charge is 2.25. The zero-order valence-electron chi connectivity index (χ0n) is 5.44. The third kappa shape index (κ3) is 2.24. The van der Waals surface area contributed by atoms with Crippen molar-refractivity contribution in [2.75, 3.05) is 0 Å². The van der Waals surface area contributed by atoms with Crippen LogP contribution in [0.15, 0.2) is 4.95 Å². The monoisotopic (exact) mass is 151 g/mol. The number of rotatable bonds is 3. The molecule has 0 aliphatic carbocycles. The van der Waals surface area contributed by atoms with Crippen LogP contribution in [0.3, 0.4) is 0 Å². The van der Waals surface area contributed by atoms with Gasteiger partial charge in [0, 0.05) is 4.95 Å². The summed E-state index contributed by atoms with van der Waals surface area (Å²) in [4.78, 5) is 20.5. The molecule has 0 spiro atoms. The smallest absolute Gasteiger partial charge is 0.326 e. The average Bonchev–Trinajstić information content (AvgIpc) is 1.86. The number of nitroso groups, excluding NO2 is 1. The Labute approximate surface area is 53.8 Å². The third-order valence-electron chi connectivity index (χ3n) is 1.28. The first kappa shape index (κ1) is 8.79. The molecule has 0 bridgehead atoms. The van der Waals surface area contributed by atoms with Crippen molar-refractivity contribution >= 4 is 7.52 Å². The van der Waals surface area contributed by atoms with Gasteiger partial charge in [0.1, 0.15) is 0 Å². The van der Waals surface area contributed by atoms with E-state index in [0.717, 1.165) is 0 Å². The van der Waals surface area contributed by atoms with Crippen LogP contribution in [0.1, 0.15) is 20.3 Å². The Morgan fingerprint density at radius 2 is 2.22 bits per heavy atom. The van der Waals surface area contributed by atoms with Gasteiger partial charge in [-0.3, -0.25) is 4.57 Å². The fourth-order valence-corrected chi connectivity index (χ4v) is 0.955. The lowest BCUT2D eigenvalue weighted by atomic mass is 10.4. The normalized spacial score (nSPS) is 20.3. The van der Waals surface area contributed by atoms with E-state index >= 15 is 0 Å². The summed E-state index contributed by atoms with van der Waals surface area (Å²) < 4.78 is 10.6. The molecule has 0 rings (SSSR count). The van der Waals surface area contributed by atoms with Gasteiger partial charge in [-0.2, -0.15) is 0 Å². The molecule has 0 radical (unpaired) electrons. The molecule has 0 amide bonds. The lowest BCUT2D eigenvalue weighted by molar-refractivity contribution is 0.465. The molecular weight excluding hydrogens is 141 g/mol. The standard InChI is InChI=1S/C4H10NO3P/c1-3-4(2)9(7,8)5-6/h4H,3H2,1-2H3,(H,7,8)/t4-/m0/s1. The van der Waals surface area contributed by atoms with Crippen LogP contribution >= 0.6 is 7.52 Å². The number of hydrogen-bond acceptors (Lipinski definition) is 2. The van der Waals surface area contributed by atoms with Crippen LogP contribution in [0.25, 0.3) is 0 Å². The number of hydrogen-bond donors (Lipinski definition) is 1. The van der Waals surface area contributed by atoms with Gasteiger partial charge in [-0.1, -0.05) is 13.8 Å². The molecule has 0 aromatic carbocycles. The molecule has 0 aliphatic heterocycles. The molecule has 5 heteroatoms. The quantitative estimate of drug-likeness (QED) is 0.493. The van der Waals surface area contributed by atoms with Crippen molar-refractivity contribution < 1.29 is 9.46 Å². The van der Waals surface area contributed by atoms with Gasteiger partial charge in [0.2, 0.25) is 0 Å². The van der Waals surface area contributed by atoms with E-state index in [1.165, 1.54) is 6.92 Å². The Hall–Kier alpha value is -0.210. The molecule has 0 aromatic heterocycles. The lowest BCUT2D eigenvalue weighted by Gasteiger charge is -2.07. The highest BCUT2D eigenvalue weighted by atomic mass is 31.2. The molecule has 0 heterocycles. The first-order valence-electron chi connectivity index (χ1n) is 2.72. The maximum atomic E-state index is 10.6. The van der Waals surface area contributed by atoms with Gasteiger partial charge in [-0.25, -0.2) is 0 Å². The summed E-state index contributed by atoms with van der Waals surface area (Å²) in [6.45, 7) is 3.26. The summed E-state index contributed by atoms with van der Waals surface area (Å²) in [5.74, 6) is 0. The van der Waals surface area contributed by atoms with E-state index in [1.807, 2.05) is 0 Å². The fraction of sp³-hybridized carbons (Fsp3) is 1.00. The molecule has 0 saturated carbocycles. The maximum Gasteiger partial charge on any atom is 0.352 e. The van der Waals surface area contributed by atoms with Crippen LogP contribution in [0, 0.1) is 4.91 Å². The van der Waals surface area contributed by atoms with Crippen molar-refractivity contribution in [3.63, 3.8) is 0 Å². The van der Waals surface area contributed by atoms with Gasteiger partial charge in [0.15, 0.2) is 0 Å². The Morgan fingerprint density at radius 3 is 2.33 bits per heavy atom. The summed E-state index contributed by atoms with van der Waals surface area (Å²) in [5.41, 5.74) is -0.505. The van der Waals surface area contributed by atoms with E-state index in [-0.39, 0.29) is 0 Å². The van der Waals surface area contributed by atoms with E-state index < -0.39 is 13.2 Å². The molecule has 9 heavy (non-hydrogen) atoms. The van der Waals surface area contributed by atoms with Crippen LogP contribution in [-0.2, 0) is 4.57 Å². The Morgan fingerprint density at radius 1 is 1.78 bits per heavy atom. The topological polar surface area (TPSA) is 66.7 Å². The Kier molecular flexibility index (Phi) is 3.01. The summed E-state index contributed by atoms with van der Waals surface area (Å²) in [6.07, 6.45) is 0.500. The summed E-state index contributed by atoms with van der Waals surface area (Å²) in [7, 11) is -3.70. The van der Waals surface area contributed by atoms with Crippen molar-refractivity contribution in [1.29, 1.82) is 0 Å².